The second-order valence-corrected chi connectivity index (χ2v) is 5.46. The Labute approximate surface area is 137 Å². The van der Waals surface area contributed by atoms with Crippen molar-refractivity contribution in [2.45, 2.75) is 0 Å². The first kappa shape index (κ1) is 13.0. The molecule has 0 fully saturated rings. The van der Waals surface area contributed by atoms with Gasteiger partial charge in [0, 0.05) is 0 Å². The van der Waals surface area contributed by atoms with Crippen molar-refractivity contribution < 1.29 is 0 Å². The van der Waals surface area contributed by atoms with Crippen molar-refractivity contribution in [3.8, 4) is 11.6 Å². The van der Waals surface area contributed by atoms with Crippen LogP contribution in [0.4, 0.5) is 0 Å². The van der Waals surface area contributed by atoms with Gasteiger partial charge in [0.1, 0.15) is 12.7 Å². The largest absolute Gasteiger partial charge is 0.281 e. The predicted octanol–water partition coefficient (Wildman–Crippen LogP) is 3.15. The third-order valence-electron chi connectivity index (χ3n) is 4.04. The molecule has 0 radical (unpaired) electrons. The van der Waals surface area contributed by atoms with Crippen molar-refractivity contribution in [3.05, 3.63) is 73.3 Å². The van der Waals surface area contributed by atoms with Crippen LogP contribution in [-0.4, -0.2) is 29.3 Å². The number of aromatic nitrogens is 6. The molecule has 0 N–H and O–H groups in total. The number of hydrogen-bond donors (Lipinski definition) is 0. The normalized spacial score (nSPS) is 11.3. The smallest absolute Gasteiger partial charge is 0.161 e. The molecule has 0 saturated heterocycles. The number of imidazole rings is 2. The lowest BCUT2D eigenvalue weighted by atomic mass is 10.3. The van der Waals surface area contributed by atoms with Crippen molar-refractivity contribution in [1.82, 2.24) is 29.3 Å². The quantitative estimate of drug-likeness (QED) is 0.502. The van der Waals surface area contributed by atoms with Gasteiger partial charge in [0.15, 0.2) is 11.6 Å². The summed E-state index contributed by atoms with van der Waals surface area (Å²) >= 11 is 0. The van der Waals surface area contributed by atoms with Gasteiger partial charge in [0.25, 0.3) is 0 Å². The maximum absolute atomic E-state index is 4.39. The van der Waals surface area contributed by atoms with Crippen molar-refractivity contribution in [3.63, 3.8) is 0 Å². The molecule has 0 amide bonds. The van der Waals surface area contributed by atoms with Crippen molar-refractivity contribution in [2.24, 2.45) is 0 Å². The maximum atomic E-state index is 4.39. The number of rotatable bonds is 2. The van der Waals surface area contributed by atoms with Crippen molar-refractivity contribution >= 4 is 22.1 Å². The lowest BCUT2D eigenvalue weighted by Crippen LogP contribution is -2.02. The van der Waals surface area contributed by atoms with E-state index in [0.29, 0.717) is 0 Å². The van der Waals surface area contributed by atoms with E-state index in [9.17, 15) is 0 Å². The lowest BCUT2D eigenvalue weighted by Gasteiger charge is -2.05. The Morgan fingerprint density at radius 3 is 1.46 bits per heavy atom. The molecule has 0 aliphatic heterocycles. The summed E-state index contributed by atoms with van der Waals surface area (Å²) in [5, 5.41) is 8.72. The fraction of sp³-hybridized carbons (Fsp3) is 0. The maximum Gasteiger partial charge on any atom is 0.161 e. The standard InChI is InChI=1S/C18H12N6/c1-3-7-15-13(5-1)19-11-23(15)17-9-10-18(22-21-17)24-12-20-14-6-2-4-8-16(14)24/h1-12H. The zero-order valence-corrected chi connectivity index (χ0v) is 12.6. The molecule has 0 saturated carbocycles. The highest BCUT2D eigenvalue weighted by Gasteiger charge is 2.08. The average molecular weight is 312 g/mol. The molecule has 24 heavy (non-hydrogen) atoms. The predicted molar refractivity (Wildman–Crippen MR) is 91.3 cm³/mol. The van der Waals surface area contributed by atoms with Gasteiger partial charge in [0.05, 0.1) is 22.1 Å². The van der Waals surface area contributed by atoms with Crippen LogP contribution in [0.1, 0.15) is 0 Å². The summed E-state index contributed by atoms with van der Waals surface area (Å²) < 4.78 is 3.86. The number of fused-ring (bicyclic) bond motifs is 2. The summed E-state index contributed by atoms with van der Waals surface area (Å²) in [6.07, 6.45) is 3.53. The summed E-state index contributed by atoms with van der Waals surface area (Å²) in [6, 6.07) is 19.8. The molecule has 3 heterocycles. The molecule has 5 rings (SSSR count). The van der Waals surface area contributed by atoms with Crippen molar-refractivity contribution in [1.29, 1.82) is 0 Å². The monoisotopic (exact) mass is 312 g/mol. The first-order valence-corrected chi connectivity index (χ1v) is 7.59. The summed E-state index contributed by atoms with van der Waals surface area (Å²) in [5.74, 6) is 1.47. The molecule has 0 bridgehead atoms. The van der Waals surface area contributed by atoms with E-state index in [0.717, 1.165) is 33.7 Å². The lowest BCUT2D eigenvalue weighted by molar-refractivity contribution is 0.882. The van der Waals surface area contributed by atoms with Crippen LogP contribution in [0.25, 0.3) is 33.7 Å². The van der Waals surface area contributed by atoms with E-state index >= 15 is 0 Å². The minimum atomic E-state index is 0.733. The zero-order chi connectivity index (χ0) is 15.9. The Morgan fingerprint density at radius 1 is 0.542 bits per heavy atom. The number of benzene rings is 2. The molecular formula is C18H12N6. The van der Waals surface area contributed by atoms with E-state index in [1.165, 1.54) is 0 Å². The van der Waals surface area contributed by atoms with Gasteiger partial charge in [-0.2, -0.15) is 0 Å². The Morgan fingerprint density at radius 2 is 1.00 bits per heavy atom. The summed E-state index contributed by atoms with van der Waals surface area (Å²) in [6.45, 7) is 0. The van der Waals surface area contributed by atoms with Crippen LogP contribution in [0.2, 0.25) is 0 Å². The topological polar surface area (TPSA) is 61.4 Å². The van der Waals surface area contributed by atoms with E-state index in [1.54, 1.807) is 12.7 Å². The van der Waals surface area contributed by atoms with Crippen molar-refractivity contribution in [2.75, 3.05) is 0 Å². The van der Waals surface area contributed by atoms with Gasteiger partial charge in [-0.3, -0.25) is 9.13 Å². The van der Waals surface area contributed by atoms with E-state index < -0.39 is 0 Å². The van der Waals surface area contributed by atoms with Crippen LogP contribution in [-0.2, 0) is 0 Å². The molecule has 5 aromatic rings. The van der Waals surface area contributed by atoms with E-state index in [4.69, 9.17) is 0 Å². The molecule has 2 aromatic carbocycles. The van der Waals surface area contributed by atoms with Crippen LogP contribution >= 0.6 is 0 Å². The van der Waals surface area contributed by atoms with Gasteiger partial charge in [-0.05, 0) is 36.4 Å². The molecule has 3 aromatic heterocycles. The molecule has 6 nitrogen and oxygen atoms in total. The summed E-state index contributed by atoms with van der Waals surface area (Å²) in [4.78, 5) is 8.78. The Hall–Kier alpha value is -3.54. The molecule has 0 aliphatic rings. The molecule has 6 heteroatoms. The molecule has 0 atom stereocenters. The van der Waals surface area contributed by atoms with Crippen LogP contribution in [0, 0.1) is 0 Å². The number of para-hydroxylation sites is 4. The van der Waals surface area contributed by atoms with E-state index in [2.05, 4.69) is 20.2 Å². The number of nitrogens with zero attached hydrogens (tertiary/aromatic N) is 6. The first-order valence-electron chi connectivity index (χ1n) is 7.59. The minimum Gasteiger partial charge on any atom is -0.281 e. The highest BCUT2D eigenvalue weighted by molar-refractivity contribution is 5.77. The van der Waals surface area contributed by atoms with Crippen LogP contribution in [0.15, 0.2) is 73.3 Å². The molecule has 0 aliphatic carbocycles. The first-order chi connectivity index (χ1) is 11.9. The number of hydrogen-bond acceptors (Lipinski definition) is 4. The SMILES string of the molecule is c1ccc2c(c1)ncn2-c1ccc(-n2cnc3ccccc32)nn1. The van der Waals surface area contributed by atoms with Gasteiger partial charge in [-0.25, -0.2) is 9.97 Å². The van der Waals surface area contributed by atoms with Gasteiger partial charge >= 0.3 is 0 Å². The van der Waals surface area contributed by atoms with Crippen LogP contribution < -0.4 is 0 Å². The average Bonchev–Trinajstić information content (AvgIpc) is 3.26. The fourth-order valence-corrected chi connectivity index (χ4v) is 2.86. The highest BCUT2D eigenvalue weighted by Crippen LogP contribution is 2.18. The van der Waals surface area contributed by atoms with E-state index in [-0.39, 0.29) is 0 Å². The van der Waals surface area contributed by atoms with Gasteiger partial charge in [-0.15, -0.1) is 10.2 Å². The minimum absolute atomic E-state index is 0.733. The van der Waals surface area contributed by atoms with Gasteiger partial charge in [0.2, 0.25) is 0 Å². The summed E-state index contributed by atoms with van der Waals surface area (Å²) in [5.41, 5.74) is 3.88. The third-order valence-corrected chi connectivity index (χ3v) is 4.04. The molecule has 0 unspecified atom stereocenters. The molecule has 114 valence electrons. The molecular weight excluding hydrogens is 300 g/mol. The van der Waals surface area contributed by atoms with Gasteiger partial charge < -0.3 is 0 Å². The van der Waals surface area contributed by atoms with Gasteiger partial charge in [-0.1, -0.05) is 24.3 Å². The van der Waals surface area contributed by atoms with Crippen LogP contribution in [0.5, 0.6) is 0 Å². The van der Waals surface area contributed by atoms with E-state index in [1.807, 2.05) is 69.8 Å². The van der Waals surface area contributed by atoms with Crippen LogP contribution in [0.3, 0.4) is 0 Å². The Kier molecular flexibility index (Phi) is 2.69. The molecule has 0 spiro atoms. The Bertz CT molecular complexity index is 1060. The second kappa shape index (κ2) is 4.99. The Balaban J connectivity index is 1.60. The fourth-order valence-electron chi connectivity index (χ4n) is 2.86. The highest BCUT2D eigenvalue weighted by atomic mass is 15.3. The second-order valence-electron chi connectivity index (χ2n) is 5.46. The summed E-state index contributed by atoms with van der Waals surface area (Å²) in [7, 11) is 0. The third kappa shape index (κ3) is 1.90. The zero-order valence-electron chi connectivity index (χ0n) is 12.6.